The van der Waals surface area contributed by atoms with E-state index < -0.39 is 5.97 Å². The smallest absolute Gasteiger partial charge is 0.335 e. The van der Waals surface area contributed by atoms with Crippen molar-refractivity contribution >= 4 is 29.4 Å². The molecule has 0 bridgehead atoms. The number of thioether (sulfide) groups is 1. The molecule has 2 rings (SSSR count). The van der Waals surface area contributed by atoms with E-state index in [1.165, 1.54) is 12.1 Å². The van der Waals surface area contributed by atoms with E-state index in [1.54, 1.807) is 12.1 Å². The van der Waals surface area contributed by atoms with Crippen LogP contribution in [-0.4, -0.2) is 34.7 Å². The summed E-state index contributed by atoms with van der Waals surface area (Å²) < 4.78 is 0. The molecule has 0 spiro atoms. The van der Waals surface area contributed by atoms with Crippen LogP contribution in [0.4, 0.5) is 10.5 Å². The maximum absolute atomic E-state index is 11.8. The van der Waals surface area contributed by atoms with Gasteiger partial charge in [0.1, 0.15) is 0 Å². The Morgan fingerprint density at radius 2 is 2.21 bits per heavy atom. The van der Waals surface area contributed by atoms with Gasteiger partial charge in [-0.1, -0.05) is 6.07 Å². The van der Waals surface area contributed by atoms with Crippen LogP contribution < -0.4 is 10.6 Å². The molecule has 2 amide bonds. The number of aromatic carboxylic acids is 1. The van der Waals surface area contributed by atoms with Gasteiger partial charge in [-0.05, 0) is 36.8 Å². The molecule has 1 unspecified atom stereocenters. The molecule has 6 heteroatoms. The fourth-order valence-corrected chi connectivity index (χ4v) is 3.01. The van der Waals surface area contributed by atoms with Crippen molar-refractivity contribution in [1.82, 2.24) is 5.32 Å². The Hall–Kier alpha value is -1.69. The van der Waals surface area contributed by atoms with Gasteiger partial charge in [0.2, 0.25) is 0 Å². The number of amides is 2. The molecule has 0 aliphatic carbocycles. The summed E-state index contributed by atoms with van der Waals surface area (Å²) in [6.45, 7) is 0. The first-order valence-electron chi connectivity index (χ1n) is 6.14. The molecule has 5 nitrogen and oxygen atoms in total. The van der Waals surface area contributed by atoms with Gasteiger partial charge in [0.25, 0.3) is 0 Å². The van der Waals surface area contributed by atoms with Crippen LogP contribution in [0.25, 0.3) is 0 Å². The molecular formula is C13H16N2O3S. The van der Waals surface area contributed by atoms with Gasteiger partial charge in [-0.3, -0.25) is 0 Å². The number of carboxylic acid groups (broad SMARTS) is 1. The fourth-order valence-electron chi connectivity index (χ4n) is 1.94. The molecule has 0 aromatic heterocycles. The van der Waals surface area contributed by atoms with Gasteiger partial charge in [0.15, 0.2) is 0 Å². The molecule has 19 heavy (non-hydrogen) atoms. The zero-order chi connectivity index (χ0) is 13.7. The summed E-state index contributed by atoms with van der Waals surface area (Å²) in [4.78, 5) is 22.6. The van der Waals surface area contributed by atoms with E-state index in [1.807, 2.05) is 11.8 Å². The third-order valence-corrected chi connectivity index (χ3v) is 4.08. The third kappa shape index (κ3) is 4.17. The number of carboxylic acids is 1. The molecule has 3 N–H and O–H groups in total. The van der Waals surface area contributed by atoms with Gasteiger partial charge in [0.05, 0.1) is 5.56 Å². The molecule has 1 fully saturated rings. The van der Waals surface area contributed by atoms with Crippen LogP contribution >= 0.6 is 11.8 Å². The highest BCUT2D eigenvalue weighted by Gasteiger charge is 2.16. The summed E-state index contributed by atoms with van der Waals surface area (Å²) in [6.07, 6.45) is 2.11. The highest BCUT2D eigenvalue weighted by atomic mass is 32.2. The molecule has 1 atom stereocenters. The minimum Gasteiger partial charge on any atom is -0.478 e. The lowest BCUT2D eigenvalue weighted by Crippen LogP contribution is -2.40. The van der Waals surface area contributed by atoms with Gasteiger partial charge in [-0.25, -0.2) is 9.59 Å². The average Bonchev–Trinajstić information content (AvgIpc) is 2.40. The number of carbonyl (C=O) groups excluding carboxylic acids is 1. The summed E-state index contributed by atoms with van der Waals surface area (Å²) in [5.41, 5.74) is 0.645. The summed E-state index contributed by atoms with van der Waals surface area (Å²) in [5, 5.41) is 14.4. The standard InChI is InChI=1S/C13H16N2O3S/c16-12(17)9-3-1-4-10(7-9)14-13(18)15-11-5-2-6-19-8-11/h1,3-4,7,11H,2,5-6,8H2,(H,16,17)(H2,14,15,18). The number of hydrogen-bond acceptors (Lipinski definition) is 3. The fraction of sp³-hybridized carbons (Fsp3) is 0.385. The number of nitrogens with one attached hydrogen (secondary N) is 2. The lowest BCUT2D eigenvalue weighted by Gasteiger charge is -2.22. The van der Waals surface area contributed by atoms with Gasteiger partial charge < -0.3 is 15.7 Å². The number of urea groups is 1. The van der Waals surface area contributed by atoms with E-state index in [4.69, 9.17) is 5.11 Å². The van der Waals surface area contributed by atoms with E-state index in [0.717, 1.165) is 24.3 Å². The van der Waals surface area contributed by atoms with Crippen molar-refractivity contribution < 1.29 is 14.7 Å². The van der Waals surface area contributed by atoms with Crippen molar-refractivity contribution in [2.75, 3.05) is 16.8 Å². The quantitative estimate of drug-likeness (QED) is 0.794. The number of carbonyl (C=O) groups is 2. The van der Waals surface area contributed by atoms with Crippen molar-refractivity contribution in [2.45, 2.75) is 18.9 Å². The van der Waals surface area contributed by atoms with Crippen LogP contribution in [0, 0.1) is 0 Å². The lowest BCUT2D eigenvalue weighted by atomic mass is 10.2. The highest BCUT2D eigenvalue weighted by molar-refractivity contribution is 7.99. The second-order valence-electron chi connectivity index (χ2n) is 4.40. The lowest BCUT2D eigenvalue weighted by molar-refractivity contribution is 0.0697. The van der Waals surface area contributed by atoms with E-state index in [0.29, 0.717) is 5.69 Å². The minimum absolute atomic E-state index is 0.158. The molecule has 1 saturated heterocycles. The first kappa shape index (κ1) is 13.7. The number of anilines is 1. The zero-order valence-corrected chi connectivity index (χ0v) is 11.2. The Bertz CT molecular complexity index is 473. The number of rotatable bonds is 3. The molecule has 0 radical (unpaired) electrons. The molecule has 1 aromatic carbocycles. The Kier molecular flexibility index (Phi) is 4.68. The van der Waals surface area contributed by atoms with Crippen LogP contribution in [0.3, 0.4) is 0 Å². The minimum atomic E-state index is -1.01. The molecule has 102 valence electrons. The molecule has 1 aliphatic rings. The van der Waals surface area contributed by atoms with Crippen LogP contribution in [0.15, 0.2) is 24.3 Å². The maximum atomic E-state index is 11.8. The normalized spacial score (nSPS) is 18.6. The second-order valence-corrected chi connectivity index (χ2v) is 5.55. The SMILES string of the molecule is O=C(Nc1cccc(C(=O)O)c1)NC1CCCSC1. The van der Waals surface area contributed by atoms with Crippen molar-refractivity contribution in [1.29, 1.82) is 0 Å². The maximum Gasteiger partial charge on any atom is 0.335 e. The molecule has 0 saturated carbocycles. The largest absolute Gasteiger partial charge is 0.478 e. The molecule has 1 aromatic rings. The topological polar surface area (TPSA) is 78.4 Å². The Morgan fingerprint density at radius 3 is 2.89 bits per heavy atom. The van der Waals surface area contributed by atoms with Crippen molar-refractivity contribution in [3.63, 3.8) is 0 Å². The molecule has 1 aliphatic heterocycles. The van der Waals surface area contributed by atoms with E-state index in [9.17, 15) is 9.59 Å². The Morgan fingerprint density at radius 1 is 1.37 bits per heavy atom. The summed E-state index contributed by atoms with van der Waals surface area (Å²) >= 11 is 1.84. The van der Waals surface area contributed by atoms with Gasteiger partial charge in [0, 0.05) is 17.5 Å². The Balaban J connectivity index is 1.90. The predicted octanol–water partition coefficient (Wildman–Crippen LogP) is 2.40. The van der Waals surface area contributed by atoms with E-state index >= 15 is 0 Å². The van der Waals surface area contributed by atoms with Crippen molar-refractivity contribution in [3.8, 4) is 0 Å². The van der Waals surface area contributed by atoms with Gasteiger partial charge >= 0.3 is 12.0 Å². The summed E-state index contributed by atoms with van der Waals surface area (Å²) in [5.74, 6) is 1.08. The number of benzene rings is 1. The molecule has 1 heterocycles. The monoisotopic (exact) mass is 280 g/mol. The van der Waals surface area contributed by atoms with Crippen LogP contribution in [0.5, 0.6) is 0 Å². The average molecular weight is 280 g/mol. The van der Waals surface area contributed by atoms with Crippen molar-refractivity contribution in [3.05, 3.63) is 29.8 Å². The van der Waals surface area contributed by atoms with Crippen LogP contribution in [-0.2, 0) is 0 Å². The van der Waals surface area contributed by atoms with Gasteiger partial charge in [-0.2, -0.15) is 11.8 Å². The van der Waals surface area contributed by atoms with Gasteiger partial charge in [-0.15, -0.1) is 0 Å². The highest BCUT2D eigenvalue weighted by Crippen LogP contribution is 2.17. The third-order valence-electron chi connectivity index (χ3n) is 2.86. The van der Waals surface area contributed by atoms with Crippen LogP contribution in [0.1, 0.15) is 23.2 Å². The number of hydrogen-bond donors (Lipinski definition) is 3. The summed E-state index contributed by atoms with van der Waals surface area (Å²) in [6, 6.07) is 6.12. The zero-order valence-electron chi connectivity index (χ0n) is 10.4. The first-order valence-corrected chi connectivity index (χ1v) is 7.29. The van der Waals surface area contributed by atoms with Crippen LogP contribution in [0.2, 0.25) is 0 Å². The summed E-state index contributed by atoms with van der Waals surface area (Å²) in [7, 11) is 0. The molecular weight excluding hydrogens is 264 g/mol. The Labute approximate surface area is 115 Å². The second kappa shape index (κ2) is 6.47. The van der Waals surface area contributed by atoms with E-state index in [-0.39, 0.29) is 17.6 Å². The van der Waals surface area contributed by atoms with E-state index in [2.05, 4.69) is 10.6 Å². The van der Waals surface area contributed by atoms with Crippen molar-refractivity contribution in [2.24, 2.45) is 0 Å². The predicted molar refractivity (Wildman–Crippen MR) is 75.9 cm³/mol. The first-order chi connectivity index (χ1) is 9.15.